The van der Waals surface area contributed by atoms with Crippen molar-refractivity contribution in [2.75, 3.05) is 68.3 Å². The molecule has 5 N–H and O–H groups in total. The van der Waals surface area contributed by atoms with Crippen molar-refractivity contribution in [1.29, 1.82) is 5.41 Å². The summed E-state index contributed by atoms with van der Waals surface area (Å²) in [6.45, 7) is 8.14. The number of ether oxygens (including phenoxy) is 1. The van der Waals surface area contributed by atoms with Crippen LogP contribution in [0, 0.1) is 17.2 Å². The molecule has 5 aliphatic heterocycles. The van der Waals surface area contributed by atoms with Crippen molar-refractivity contribution in [3.05, 3.63) is 101 Å². The fourth-order valence-electron chi connectivity index (χ4n) is 9.30. The molecule has 5 aliphatic rings. The Hall–Kier alpha value is -6.19. The predicted octanol–water partition coefficient (Wildman–Crippen LogP) is 4.39. The Morgan fingerprint density at radius 3 is 2.17 bits per heavy atom. The van der Waals surface area contributed by atoms with E-state index in [1.165, 1.54) is 19.2 Å². The number of fused-ring (bicyclic) bond motifs is 1. The van der Waals surface area contributed by atoms with Gasteiger partial charge in [-0.2, -0.15) is 0 Å². The monoisotopic (exact) mass is 810 g/mol. The van der Waals surface area contributed by atoms with Gasteiger partial charge in [-0.15, -0.1) is 0 Å². The number of rotatable bonds is 12. The fourth-order valence-corrected chi connectivity index (χ4v) is 9.30. The minimum absolute atomic E-state index is 0.100. The van der Waals surface area contributed by atoms with Gasteiger partial charge >= 0.3 is 0 Å². The van der Waals surface area contributed by atoms with Gasteiger partial charge in [-0.3, -0.25) is 34.8 Å². The maximum absolute atomic E-state index is 13.3. The van der Waals surface area contributed by atoms with E-state index in [1.54, 1.807) is 12.1 Å². The standard InChI is InChI=1S/C45H50N10O5/c46-40(30-6-9-34(10-7-30)60-33-4-2-1-3-5-33)39-41(47)48-27-49-42(39)50-31-16-20-53(21-17-31)23-28-14-18-52(19-15-28)24-29-25-54(26-29)32-8-11-35-36(22-32)45(59)55(44(35)58)37-12-13-38(56)51-43(37)57/h1-11,22,27-29,31,37,46H,12-21,23-26H2,(H,51,56,57)(H3,47,48,49,50). The number of carbonyl (C=O) groups excluding carboxylic acids is 4. The fraction of sp³-hybridized carbons (Fsp3) is 0.400. The van der Waals surface area contributed by atoms with Gasteiger partial charge in [0.2, 0.25) is 11.8 Å². The Morgan fingerprint density at radius 2 is 1.45 bits per heavy atom. The number of amides is 4. The first-order valence-corrected chi connectivity index (χ1v) is 21.0. The van der Waals surface area contributed by atoms with Crippen LogP contribution in [0.25, 0.3) is 0 Å². The number of hydrogen-bond donors (Lipinski definition) is 4. The minimum Gasteiger partial charge on any atom is -0.457 e. The Bertz CT molecular complexity index is 2280. The van der Waals surface area contributed by atoms with Gasteiger partial charge in [0, 0.05) is 68.9 Å². The third-order valence-corrected chi connectivity index (χ3v) is 12.7. The van der Waals surface area contributed by atoms with E-state index < -0.39 is 23.8 Å². The number of benzene rings is 3. The summed E-state index contributed by atoms with van der Waals surface area (Å²) in [5.41, 5.74) is 9.36. The highest BCUT2D eigenvalue weighted by molar-refractivity contribution is 6.23. The van der Waals surface area contributed by atoms with Crippen LogP contribution >= 0.6 is 0 Å². The quantitative estimate of drug-likeness (QED) is 0.117. The molecule has 9 rings (SSSR count). The number of aromatic nitrogens is 2. The number of carbonyl (C=O) groups is 4. The molecule has 15 nitrogen and oxygen atoms in total. The molecular formula is C45H50N10O5. The summed E-state index contributed by atoms with van der Waals surface area (Å²) in [6.07, 6.45) is 6.03. The van der Waals surface area contributed by atoms with Crippen molar-refractivity contribution < 1.29 is 23.9 Å². The highest BCUT2D eigenvalue weighted by Gasteiger charge is 2.45. The second kappa shape index (κ2) is 16.8. The average Bonchev–Trinajstić information content (AvgIpc) is 3.48. The summed E-state index contributed by atoms with van der Waals surface area (Å²) < 4.78 is 5.93. The molecule has 4 fully saturated rings. The van der Waals surface area contributed by atoms with Gasteiger partial charge < -0.3 is 30.5 Å². The van der Waals surface area contributed by atoms with Gasteiger partial charge in [0.15, 0.2) is 0 Å². The third kappa shape index (κ3) is 8.19. The molecular weight excluding hydrogens is 761 g/mol. The Labute approximate surface area is 348 Å². The number of nitrogens with two attached hydrogens (primary N) is 1. The predicted molar refractivity (Wildman–Crippen MR) is 226 cm³/mol. The number of nitrogens with zero attached hydrogens (tertiary/aromatic N) is 6. The van der Waals surface area contributed by atoms with Crippen LogP contribution in [-0.4, -0.2) is 118 Å². The molecule has 6 heterocycles. The lowest BCUT2D eigenvalue weighted by molar-refractivity contribution is -0.136. The second-order valence-corrected chi connectivity index (χ2v) is 16.7. The zero-order valence-electron chi connectivity index (χ0n) is 33.5. The molecule has 0 spiro atoms. The van der Waals surface area contributed by atoms with Crippen LogP contribution in [0.2, 0.25) is 0 Å². The molecule has 1 atom stereocenters. The number of piperidine rings is 3. The molecule has 0 radical (unpaired) electrons. The average molecular weight is 811 g/mol. The van der Waals surface area contributed by atoms with Gasteiger partial charge in [-0.25, -0.2) is 9.97 Å². The van der Waals surface area contributed by atoms with Crippen molar-refractivity contribution in [2.24, 2.45) is 11.8 Å². The molecule has 4 saturated heterocycles. The third-order valence-electron chi connectivity index (χ3n) is 12.7. The van der Waals surface area contributed by atoms with E-state index in [4.69, 9.17) is 15.9 Å². The number of likely N-dealkylation sites (tertiary alicyclic amines) is 2. The normalized spacial score (nSPS) is 20.8. The molecule has 4 amide bonds. The van der Waals surface area contributed by atoms with Gasteiger partial charge in [0.1, 0.15) is 35.5 Å². The maximum Gasteiger partial charge on any atom is 0.262 e. The van der Waals surface area contributed by atoms with Crippen LogP contribution in [0.4, 0.5) is 17.3 Å². The number of hydrogen-bond acceptors (Lipinski definition) is 13. The number of nitrogen functional groups attached to an aromatic ring is 1. The van der Waals surface area contributed by atoms with Crippen LogP contribution in [0.3, 0.4) is 0 Å². The van der Waals surface area contributed by atoms with E-state index in [-0.39, 0.29) is 36.3 Å². The minimum atomic E-state index is -0.961. The van der Waals surface area contributed by atoms with Crippen LogP contribution in [0.1, 0.15) is 70.4 Å². The molecule has 60 heavy (non-hydrogen) atoms. The van der Waals surface area contributed by atoms with E-state index in [0.29, 0.717) is 45.7 Å². The first-order valence-electron chi connectivity index (χ1n) is 21.0. The maximum atomic E-state index is 13.3. The van der Waals surface area contributed by atoms with Crippen molar-refractivity contribution >= 4 is 46.7 Å². The molecule has 4 aromatic rings. The highest BCUT2D eigenvalue weighted by atomic mass is 16.5. The number of para-hydroxylation sites is 1. The first kappa shape index (κ1) is 39.3. The summed E-state index contributed by atoms with van der Waals surface area (Å²) in [5.74, 6) is 1.58. The topological polar surface area (TPSA) is 190 Å². The Kier molecular flexibility index (Phi) is 11.0. The molecule has 3 aromatic carbocycles. The van der Waals surface area contributed by atoms with E-state index in [0.717, 1.165) is 81.5 Å². The molecule has 0 aliphatic carbocycles. The zero-order chi connectivity index (χ0) is 41.3. The number of nitrogens with one attached hydrogen (secondary N) is 3. The van der Waals surface area contributed by atoms with Crippen molar-refractivity contribution in [1.82, 2.24) is 30.0 Å². The van der Waals surface area contributed by atoms with Crippen molar-refractivity contribution in [3.8, 4) is 11.5 Å². The summed E-state index contributed by atoms with van der Waals surface area (Å²) in [4.78, 5) is 67.6. The molecule has 1 unspecified atom stereocenters. The molecule has 0 saturated carbocycles. The summed E-state index contributed by atoms with van der Waals surface area (Å²) in [6, 6.07) is 21.6. The lowest BCUT2D eigenvalue weighted by Crippen LogP contribution is -2.54. The lowest BCUT2D eigenvalue weighted by Gasteiger charge is -2.45. The van der Waals surface area contributed by atoms with Crippen LogP contribution < -0.4 is 26.0 Å². The molecule has 310 valence electrons. The van der Waals surface area contributed by atoms with Crippen LogP contribution in [0.15, 0.2) is 79.1 Å². The van der Waals surface area contributed by atoms with Crippen LogP contribution in [-0.2, 0) is 9.59 Å². The van der Waals surface area contributed by atoms with E-state index >= 15 is 0 Å². The molecule has 15 heteroatoms. The zero-order valence-corrected chi connectivity index (χ0v) is 33.5. The van der Waals surface area contributed by atoms with Crippen molar-refractivity contribution in [3.63, 3.8) is 0 Å². The Morgan fingerprint density at radius 1 is 0.783 bits per heavy atom. The largest absolute Gasteiger partial charge is 0.457 e. The number of anilines is 3. The molecule has 0 bridgehead atoms. The van der Waals surface area contributed by atoms with Gasteiger partial charge in [-0.05, 0) is 106 Å². The Balaban J connectivity index is 0.703. The van der Waals surface area contributed by atoms with Crippen molar-refractivity contribution in [2.45, 2.75) is 50.6 Å². The first-order chi connectivity index (χ1) is 29.2. The SMILES string of the molecule is N=C(c1ccc(Oc2ccccc2)cc1)c1c(N)ncnc1NC1CCN(CC2CCN(CC3CN(c4ccc5c(c4)C(=O)N(C4CCC(=O)NC4=O)C5=O)C3)CC2)CC1. The smallest absolute Gasteiger partial charge is 0.262 e. The summed E-state index contributed by atoms with van der Waals surface area (Å²) in [7, 11) is 0. The van der Waals surface area contributed by atoms with E-state index in [2.05, 4.69) is 35.3 Å². The van der Waals surface area contributed by atoms with E-state index in [1.807, 2.05) is 60.7 Å². The van der Waals surface area contributed by atoms with Gasteiger partial charge in [-0.1, -0.05) is 18.2 Å². The van der Waals surface area contributed by atoms with Gasteiger partial charge in [0.05, 0.1) is 22.4 Å². The highest BCUT2D eigenvalue weighted by Crippen LogP contribution is 2.34. The van der Waals surface area contributed by atoms with Gasteiger partial charge in [0.25, 0.3) is 11.8 Å². The second-order valence-electron chi connectivity index (χ2n) is 16.7. The van der Waals surface area contributed by atoms with Crippen LogP contribution in [0.5, 0.6) is 11.5 Å². The summed E-state index contributed by atoms with van der Waals surface area (Å²) in [5, 5.41) is 14.9. The van der Waals surface area contributed by atoms with E-state index in [9.17, 15) is 19.2 Å². The molecule has 1 aromatic heterocycles. The lowest BCUT2D eigenvalue weighted by atomic mass is 9.92. The number of imide groups is 2. The summed E-state index contributed by atoms with van der Waals surface area (Å²) >= 11 is 0.